The quantitative estimate of drug-likeness (QED) is 0.201. The molecule has 11 heteroatoms. The molecule has 34 heavy (non-hydrogen) atoms. The zero-order valence-corrected chi connectivity index (χ0v) is 21.6. The van der Waals surface area contributed by atoms with Crippen LogP contribution < -0.4 is 5.32 Å². The van der Waals surface area contributed by atoms with Crippen LogP contribution in [0.2, 0.25) is 5.02 Å². The van der Waals surface area contributed by atoms with E-state index in [1.54, 1.807) is 12.3 Å². The van der Waals surface area contributed by atoms with Gasteiger partial charge in [-0.1, -0.05) is 17.7 Å². The van der Waals surface area contributed by atoms with Crippen LogP contribution >= 0.6 is 39.5 Å². The van der Waals surface area contributed by atoms with Crippen molar-refractivity contribution in [2.45, 2.75) is 17.7 Å². The number of nitrogens with one attached hydrogen (secondary N) is 2. The molecule has 182 valence electrons. The predicted molar refractivity (Wildman–Crippen MR) is 136 cm³/mol. The van der Waals surface area contributed by atoms with E-state index in [0.29, 0.717) is 59.1 Å². The predicted octanol–water partition coefficient (Wildman–Crippen LogP) is 5.74. The molecule has 0 spiro atoms. The maximum atomic E-state index is 13.9. The van der Waals surface area contributed by atoms with Crippen molar-refractivity contribution in [1.29, 1.82) is 0 Å². The molecule has 7 nitrogen and oxygen atoms in total. The lowest BCUT2D eigenvalue weighted by molar-refractivity contribution is 0.170. The van der Waals surface area contributed by atoms with Crippen molar-refractivity contribution in [3.05, 3.63) is 57.9 Å². The van der Waals surface area contributed by atoms with E-state index in [2.05, 4.69) is 40.3 Å². The molecule has 1 amide bonds. The number of rotatable bonds is 11. The topological polar surface area (TPSA) is 90.5 Å². The van der Waals surface area contributed by atoms with Gasteiger partial charge in [0, 0.05) is 42.3 Å². The number of aromatic amines is 1. The Labute approximate surface area is 215 Å². The first-order valence-electron chi connectivity index (χ1n) is 10.6. The average Bonchev–Trinajstić information content (AvgIpc) is 3.33. The highest BCUT2D eigenvalue weighted by Gasteiger charge is 2.14. The summed E-state index contributed by atoms with van der Waals surface area (Å²) < 4.78 is 21.0. The molecule has 0 radical (unpaired) electrons. The number of nitrogens with zero attached hydrogens (tertiary/aromatic N) is 2. The van der Waals surface area contributed by atoms with Crippen LogP contribution in [0, 0.1) is 5.82 Å². The number of ether oxygens (including phenoxy) is 1. The lowest BCUT2D eigenvalue weighted by atomic mass is 10.2. The Hall–Kier alpha value is -2.11. The number of methoxy groups -OCH3 is 1. The van der Waals surface area contributed by atoms with Crippen LogP contribution in [-0.2, 0) is 4.74 Å². The molecular formula is C23H25BrClFN4O3S. The number of aromatic nitrogens is 2. The number of carbonyl (C=O) groups is 1. The summed E-state index contributed by atoms with van der Waals surface area (Å²) in [5, 5.41) is 12.5. The minimum absolute atomic E-state index is 0.0804. The fourth-order valence-corrected chi connectivity index (χ4v) is 4.63. The third-order valence-corrected chi connectivity index (χ3v) is 7.09. The molecule has 0 aliphatic carbocycles. The van der Waals surface area contributed by atoms with Crippen LogP contribution in [0.15, 0.2) is 52.0 Å². The average molecular weight is 572 g/mol. The minimum atomic E-state index is -0.464. The molecule has 3 aromatic rings. The molecule has 0 unspecified atom stereocenters. The first kappa shape index (κ1) is 26.5. The summed E-state index contributed by atoms with van der Waals surface area (Å²) in [5.41, 5.74) is 2.23. The van der Waals surface area contributed by atoms with Gasteiger partial charge in [0.05, 0.1) is 28.5 Å². The Morgan fingerprint density at radius 2 is 2.03 bits per heavy atom. The summed E-state index contributed by atoms with van der Waals surface area (Å²) in [6.07, 6.45) is 2.52. The van der Waals surface area contributed by atoms with E-state index >= 15 is 0 Å². The zero-order chi connectivity index (χ0) is 24.5. The number of aliphatic hydroxyl groups is 1. The number of amides is 1. The SMILES string of the molecule is COC(=O)NCCCN(CCCO)Sc1cc(-c2ncc(-c3ccc(Br)c(F)c3)[nH]2)ccc1Cl. The zero-order valence-electron chi connectivity index (χ0n) is 18.5. The molecule has 0 aliphatic rings. The fourth-order valence-electron chi connectivity index (χ4n) is 3.11. The molecule has 3 rings (SSSR count). The van der Waals surface area contributed by atoms with E-state index < -0.39 is 6.09 Å². The molecular weight excluding hydrogens is 547 g/mol. The van der Waals surface area contributed by atoms with Crippen LogP contribution in [0.4, 0.5) is 9.18 Å². The van der Waals surface area contributed by atoms with Gasteiger partial charge < -0.3 is 20.1 Å². The van der Waals surface area contributed by atoms with E-state index in [0.717, 1.165) is 10.5 Å². The second-order valence-electron chi connectivity index (χ2n) is 7.29. The molecule has 1 aromatic heterocycles. The molecule has 0 bridgehead atoms. The van der Waals surface area contributed by atoms with Crippen molar-refractivity contribution in [3.63, 3.8) is 0 Å². The van der Waals surface area contributed by atoms with Gasteiger partial charge in [-0.25, -0.2) is 18.5 Å². The van der Waals surface area contributed by atoms with E-state index in [1.807, 2.05) is 24.3 Å². The minimum Gasteiger partial charge on any atom is -0.453 e. The number of carbonyl (C=O) groups excluding carboxylic acids is 1. The van der Waals surface area contributed by atoms with Crippen LogP contribution in [-0.4, -0.2) is 58.8 Å². The number of aliphatic hydroxyl groups excluding tert-OH is 1. The highest BCUT2D eigenvalue weighted by Crippen LogP contribution is 2.34. The van der Waals surface area contributed by atoms with Gasteiger partial charge in [-0.05, 0) is 71.1 Å². The largest absolute Gasteiger partial charge is 0.453 e. The molecule has 0 aliphatic heterocycles. The van der Waals surface area contributed by atoms with Crippen molar-refractivity contribution in [1.82, 2.24) is 19.6 Å². The Kier molecular flexibility index (Phi) is 10.2. The maximum Gasteiger partial charge on any atom is 0.406 e. The number of imidazole rings is 1. The molecule has 0 saturated carbocycles. The molecule has 2 aromatic carbocycles. The summed E-state index contributed by atoms with van der Waals surface area (Å²) in [5.74, 6) is 0.296. The highest BCUT2D eigenvalue weighted by atomic mass is 79.9. The lowest BCUT2D eigenvalue weighted by Crippen LogP contribution is -2.27. The second kappa shape index (κ2) is 13.1. The van der Waals surface area contributed by atoms with Crippen LogP contribution in [0.1, 0.15) is 12.8 Å². The summed E-state index contributed by atoms with van der Waals surface area (Å²) in [6.45, 7) is 1.88. The number of hydrogen-bond acceptors (Lipinski definition) is 6. The number of hydrogen-bond donors (Lipinski definition) is 3. The maximum absolute atomic E-state index is 13.9. The van der Waals surface area contributed by atoms with E-state index in [9.17, 15) is 14.3 Å². The number of benzene rings is 2. The van der Waals surface area contributed by atoms with Gasteiger partial charge in [-0.15, -0.1) is 0 Å². The smallest absolute Gasteiger partial charge is 0.406 e. The van der Waals surface area contributed by atoms with Gasteiger partial charge in [0.2, 0.25) is 0 Å². The van der Waals surface area contributed by atoms with Crippen molar-refractivity contribution in [2.24, 2.45) is 0 Å². The molecule has 0 fully saturated rings. The highest BCUT2D eigenvalue weighted by molar-refractivity contribution is 9.10. The van der Waals surface area contributed by atoms with Gasteiger partial charge in [0.15, 0.2) is 0 Å². The molecule has 3 N–H and O–H groups in total. The third kappa shape index (κ3) is 7.44. The van der Waals surface area contributed by atoms with Crippen molar-refractivity contribution in [3.8, 4) is 22.6 Å². The standard InChI is InChI=1S/C23H25BrClFN4O3S/c1-33-23(32)27-8-2-9-30(10-3-11-31)34-21-13-16(5-7-18(21)25)22-28-14-20(29-22)15-4-6-17(24)19(26)12-15/h4-7,12-14,31H,2-3,8-11H2,1H3,(H,27,32)(H,28,29). The molecule has 0 saturated heterocycles. The Morgan fingerprint density at radius 3 is 2.76 bits per heavy atom. The monoisotopic (exact) mass is 570 g/mol. The number of halogens is 3. The summed E-state index contributed by atoms with van der Waals surface area (Å²) in [4.78, 5) is 19.8. The van der Waals surface area contributed by atoms with E-state index in [-0.39, 0.29) is 12.4 Å². The van der Waals surface area contributed by atoms with Crippen molar-refractivity contribution in [2.75, 3.05) is 33.4 Å². The van der Waals surface area contributed by atoms with E-state index in [1.165, 1.54) is 25.1 Å². The summed E-state index contributed by atoms with van der Waals surface area (Å²) in [7, 11) is 1.33. The lowest BCUT2D eigenvalue weighted by Gasteiger charge is -2.21. The Balaban J connectivity index is 1.73. The van der Waals surface area contributed by atoms with Gasteiger partial charge in [-0.2, -0.15) is 0 Å². The van der Waals surface area contributed by atoms with Crippen LogP contribution in [0.3, 0.4) is 0 Å². The van der Waals surface area contributed by atoms with Crippen molar-refractivity contribution >= 4 is 45.6 Å². The number of H-pyrrole nitrogens is 1. The number of alkyl carbamates (subject to hydrolysis) is 1. The third-order valence-electron chi connectivity index (χ3n) is 4.84. The van der Waals surface area contributed by atoms with Crippen LogP contribution in [0.25, 0.3) is 22.6 Å². The van der Waals surface area contributed by atoms with Crippen molar-refractivity contribution < 1.29 is 19.0 Å². The summed E-state index contributed by atoms with van der Waals surface area (Å²) >= 11 is 11.1. The molecule has 0 atom stereocenters. The second-order valence-corrected chi connectivity index (χ2v) is 9.69. The Bertz CT molecular complexity index is 1120. The normalized spacial score (nSPS) is 11.1. The Morgan fingerprint density at radius 1 is 1.26 bits per heavy atom. The van der Waals surface area contributed by atoms with Gasteiger partial charge in [0.25, 0.3) is 0 Å². The fraction of sp³-hybridized carbons (Fsp3) is 0.304. The van der Waals surface area contributed by atoms with Gasteiger partial charge in [0.1, 0.15) is 11.6 Å². The first-order chi connectivity index (χ1) is 16.4. The summed E-state index contributed by atoms with van der Waals surface area (Å²) in [6, 6.07) is 10.5. The first-order valence-corrected chi connectivity index (χ1v) is 12.5. The molecule has 1 heterocycles. The van der Waals surface area contributed by atoms with Gasteiger partial charge >= 0.3 is 6.09 Å². The van der Waals surface area contributed by atoms with Crippen LogP contribution in [0.5, 0.6) is 0 Å². The van der Waals surface area contributed by atoms with Gasteiger partial charge in [-0.3, -0.25) is 0 Å². The van der Waals surface area contributed by atoms with E-state index in [4.69, 9.17) is 11.6 Å².